The van der Waals surface area contributed by atoms with Crippen molar-refractivity contribution >= 4 is 11.6 Å². The number of hydrogen-bond donors (Lipinski definition) is 1. The zero-order valence-electron chi connectivity index (χ0n) is 11.4. The summed E-state index contributed by atoms with van der Waals surface area (Å²) in [5, 5.41) is 4.25. The summed E-state index contributed by atoms with van der Waals surface area (Å²) in [5.41, 5.74) is 8.48. The molecule has 0 aliphatic rings. The van der Waals surface area contributed by atoms with Crippen LogP contribution in [0.5, 0.6) is 0 Å². The van der Waals surface area contributed by atoms with Crippen LogP contribution in [0.2, 0.25) is 0 Å². The number of nitrogen functional groups attached to an aromatic ring is 1. The molecule has 1 amide bonds. The zero-order valence-corrected chi connectivity index (χ0v) is 11.4. The van der Waals surface area contributed by atoms with Crippen molar-refractivity contribution in [1.29, 1.82) is 0 Å². The SMILES string of the molecule is CC(C(=O)N(C)C)n1cc(-c2ccccc2N)cn1. The third-order valence-corrected chi connectivity index (χ3v) is 3.07. The van der Waals surface area contributed by atoms with E-state index in [1.54, 1.807) is 29.9 Å². The highest BCUT2D eigenvalue weighted by Crippen LogP contribution is 2.25. The van der Waals surface area contributed by atoms with Gasteiger partial charge in [-0.1, -0.05) is 18.2 Å². The van der Waals surface area contributed by atoms with E-state index in [1.165, 1.54) is 0 Å². The molecule has 0 radical (unpaired) electrons. The van der Waals surface area contributed by atoms with Crippen LogP contribution in [0.1, 0.15) is 13.0 Å². The molecule has 0 aliphatic carbocycles. The van der Waals surface area contributed by atoms with Gasteiger partial charge in [-0.2, -0.15) is 5.10 Å². The van der Waals surface area contributed by atoms with Crippen molar-refractivity contribution in [2.75, 3.05) is 19.8 Å². The van der Waals surface area contributed by atoms with Crippen LogP contribution < -0.4 is 5.73 Å². The monoisotopic (exact) mass is 258 g/mol. The average molecular weight is 258 g/mol. The molecule has 0 fully saturated rings. The molecule has 0 saturated carbocycles. The lowest BCUT2D eigenvalue weighted by Crippen LogP contribution is -2.30. The molecule has 1 heterocycles. The van der Waals surface area contributed by atoms with E-state index in [9.17, 15) is 4.79 Å². The fourth-order valence-corrected chi connectivity index (χ4v) is 1.94. The first-order valence-corrected chi connectivity index (χ1v) is 6.11. The van der Waals surface area contributed by atoms with E-state index in [0.717, 1.165) is 11.1 Å². The number of anilines is 1. The largest absolute Gasteiger partial charge is 0.398 e. The maximum Gasteiger partial charge on any atom is 0.246 e. The Kier molecular flexibility index (Phi) is 3.55. The number of aromatic nitrogens is 2. The first-order chi connectivity index (χ1) is 9.00. The second-order valence-corrected chi connectivity index (χ2v) is 4.70. The van der Waals surface area contributed by atoms with Gasteiger partial charge >= 0.3 is 0 Å². The van der Waals surface area contributed by atoms with Gasteiger partial charge in [-0.25, -0.2) is 0 Å². The lowest BCUT2D eigenvalue weighted by Gasteiger charge is -2.16. The van der Waals surface area contributed by atoms with Crippen LogP contribution in [-0.2, 0) is 4.79 Å². The summed E-state index contributed by atoms with van der Waals surface area (Å²) in [6, 6.07) is 7.28. The van der Waals surface area contributed by atoms with Crippen molar-refractivity contribution in [3.8, 4) is 11.1 Å². The minimum absolute atomic E-state index is 0.00989. The summed E-state index contributed by atoms with van der Waals surface area (Å²) in [6.07, 6.45) is 3.57. The number of carbonyl (C=O) groups excluding carboxylic acids is 1. The van der Waals surface area contributed by atoms with Crippen molar-refractivity contribution in [2.45, 2.75) is 13.0 Å². The molecular formula is C14H18N4O. The fraction of sp³-hybridized carbons (Fsp3) is 0.286. The Bertz CT molecular complexity index is 589. The third-order valence-electron chi connectivity index (χ3n) is 3.07. The van der Waals surface area contributed by atoms with E-state index in [2.05, 4.69) is 5.10 Å². The molecule has 5 heteroatoms. The van der Waals surface area contributed by atoms with E-state index in [-0.39, 0.29) is 11.9 Å². The standard InChI is InChI=1S/C14H18N4O/c1-10(14(19)17(2)3)18-9-11(8-16-18)12-6-4-5-7-13(12)15/h4-10H,15H2,1-3H3. The van der Waals surface area contributed by atoms with Gasteiger partial charge in [0.15, 0.2) is 0 Å². The fourth-order valence-electron chi connectivity index (χ4n) is 1.94. The number of carbonyl (C=O) groups is 1. The summed E-state index contributed by atoms with van der Waals surface area (Å²) in [6.45, 7) is 1.83. The maximum atomic E-state index is 11.9. The highest BCUT2D eigenvalue weighted by Gasteiger charge is 2.18. The molecule has 2 N–H and O–H groups in total. The molecule has 2 aromatic rings. The van der Waals surface area contributed by atoms with Gasteiger partial charge in [0.25, 0.3) is 0 Å². The molecule has 1 aromatic carbocycles. The zero-order chi connectivity index (χ0) is 14.0. The van der Waals surface area contributed by atoms with Crippen LogP contribution >= 0.6 is 0 Å². The minimum atomic E-state index is -0.325. The lowest BCUT2D eigenvalue weighted by molar-refractivity contribution is -0.131. The quantitative estimate of drug-likeness (QED) is 0.853. The van der Waals surface area contributed by atoms with Crippen LogP contribution in [0.25, 0.3) is 11.1 Å². The molecule has 19 heavy (non-hydrogen) atoms. The van der Waals surface area contributed by atoms with Gasteiger partial charge in [0, 0.05) is 37.1 Å². The average Bonchev–Trinajstić information content (AvgIpc) is 2.86. The third kappa shape index (κ3) is 2.59. The van der Waals surface area contributed by atoms with Crippen LogP contribution in [0.3, 0.4) is 0 Å². The van der Waals surface area contributed by atoms with Gasteiger partial charge in [-0.05, 0) is 13.0 Å². The van der Waals surface area contributed by atoms with E-state index in [4.69, 9.17) is 5.73 Å². The van der Waals surface area contributed by atoms with Crippen molar-refractivity contribution in [3.63, 3.8) is 0 Å². The lowest BCUT2D eigenvalue weighted by atomic mass is 10.1. The van der Waals surface area contributed by atoms with E-state index in [1.807, 2.05) is 37.4 Å². The molecule has 100 valence electrons. The predicted octanol–water partition coefficient (Wildman–Crippen LogP) is 1.78. The summed E-state index contributed by atoms with van der Waals surface area (Å²) in [7, 11) is 3.47. The van der Waals surface area contributed by atoms with Crippen molar-refractivity contribution < 1.29 is 4.79 Å². The Morgan fingerprint density at radius 2 is 2.05 bits per heavy atom. The number of rotatable bonds is 3. The molecule has 5 nitrogen and oxygen atoms in total. The normalized spacial score (nSPS) is 12.2. The molecule has 0 saturated heterocycles. The Hall–Kier alpha value is -2.30. The van der Waals surface area contributed by atoms with E-state index < -0.39 is 0 Å². The van der Waals surface area contributed by atoms with Crippen molar-refractivity contribution in [1.82, 2.24) is 14.7 Å². The summed E-state index contributed by atoms with van der Waals surface area (Å²) in [5.74, 6) is 0.00989. The van der Waals surface area contributed by atoms with E-state index in [0.29, 0.717) is 5.69 Å². The van der Waals surface area contributed by atoms with Crippen molar-refractivity contribution in [3.05, 3.63) is 36.7 Å². The second-order valence-electron chi connectivity index (χ2n) is 4.70. The first kappa shape index (κ1) is 13.1. The molecule has 0 spiro atoms. The number of benzene rings is 1. The number of likely N-dealkylation sites (N-methyl/N-ethyl adjacent to an activating group) is 1. The highest BCUT2D eigenvalue weighted by atomic mass is 16.2. The Morgan fingerprint density at radius 1 is 1.37 bits per heavy atom. The number of hydrogen-bond acceptors (Lipinski definition) is 3. The van der Waals surface area contributed by atoms with Crippen LogP contribution in [0.15, 0.2) is 36.7 Å². The van der Waals surface area contributed by atoms with Gasteiger partial charge in [0.1, 0.15) is 6.04 Å². The summed E-state index contributed by atoms with van der Waals surface area (Å²) < 4.78 is 1.66. The molecular weight excluding hydrogens is 240 g/mol. The van der Waals surface area contributed by atoms with Gasteiger partial charge in [-0.15, -0.1) is 0 Å². The van der Waals surface area contributed by atoms with Crippen molar-refractivity contribution in [2.24, 2.45) is 0 Å². The van der Waals surface area contributed by atoms with Gasteiger partial charge in [0.05, 0.1) is 6.20 Å². The second kappa shape index (κ2) is 5.14. The highest BCUT2D eigenvalue weighted by molar-refractivity contribution is 5.80. The topological polar surface area (TPSA) is 64.2 Å². The summed E-state index contributed by atoms with van der Waals surface area (Å²) >= 11 is 0. The van der Waals surface area contributed by atoms with E-state index >= 15 is 0 Å². The molecule has 0 bridgehead atoms. The molecule has 1 aromatic heterocycles. The number of nitrogens with zero attached hydrogens (tertiary/aromatic N) is 3. The minimum Gasteiger partial charge on any atom is -0.398 e. The Morgan fingerprint density at radius 3 is 2.68 bits per heavy atom. The smallest absolute Gasteiger partial charge is 0.246 e. The Balaban J connectivity index is 2.30. The predicted molar refractivity (Wildman–Crippen MR) is 75.5 cm³/mol. The maximum absolute atomic E-state index is 11.9. The van der Waals surface area contributed by atoms with Crippen LogP contribution in [-0.4, -0.2) is 34.7 Å². The van der Waals surface area contributed by atoms with Gasteiger partial charge in [0.2, 0.25) is 5.91 Å². The summed E-state index contributed by atoms with van der Waals surface area (Å²) in [4.78, 5) is 13.5. The first-order valence-electron chi connectivity index (χ1n) is 6.11. The number of amides is 1. The molecule has 1 unspecified atom stereocenters. The van der Waals surface area contributed by atoms with Crippen LogP contribution in [0.4, 0.5) is 5.69 Å². The van der Waals surface area contributed by atoms with Crippen LogP contribution in [0, 0.1) is 0 Å². The Labute approximate surface area is 112 Å². The van der Waals surface area contributed by atoms with Gasteiger partial charge < -0.3 is 10.6 Å². The molecule has 0 aliphatic heterocycles. The molecule has 1 atom stereocenters. The van der Waals surface area contributed by atoms with Gasteiger partial charge in [-0.3, -0.25) is 9.48 Å². The number of para-hydroxylation sites is 1. The molecule has 2 rings (SSSR count). The number of nitrogens with two attached hydrogens (primary N) is 1.